The molecule has 0 saturated heterocycles. The van der Waals surface area contributed by atoms with Gasteiger partial charge in [-0.3, -0.25) is 0 Å². The highest BCUT2D eigenvalue weighted by Crippen LogP contribution is 2.29. The van der Waals surface area contributed by atoms with Crippen molar-refractivity contribution in [2.24, 2.45) is 11.8 Å². The molecule has 1 aromatic rings. The Morgan fingerprint density at radius 1 is 0.962 bits per heavy atom. The van der Waals surface area contributed by atoms with Gasteiger partial charge in [-0.1, -0.05) is 46.8 Å². The molecular formula is C21H38O4Si. The van der Waals surface area contributed by atoms with E-state index in [0.29, 0.717) is 13.2 Å². The van der Waals surface area contributed by atoms with Crippen LogP contribution in [0.4, 0.5) is 0 Å². The number of methoxy groups -OCH3 is 1. The van der Waals surface area contributed by atoms with Crippen LogP contribution in [0.15, 0.2) is 24.3 Å². The van der Waals surface area contributed by atoms with Crippen molar-refractivity contribution in [3.8, 4) is 5.75 Å². The Bertz CT molecular complexity index is 479. The molecule has 0 aliphatic carbocycles. The molecule has 4 nitrogen and oxygen atoms in total. The van der Waals surface area contributed by atoms with Crippen LogP contribution in [0, 0.1) is 11.8 Å². The number of benzene rings is 1. The summed E-state index contributed by atoms with van der Waals surface area (Å²) in [6.07, 6.45) is 0.0439. The molecule has 0 radical (unpaired) electrons. The summed E-state index contributed by atoms with van der Waals surface area (Å²) in [5.74, 6) is 1.21. The van der Waals surface area contributed by atoms with Crippen LogP contribution in [0.2, 0.25) is 18.1 Å². The van der Waals surface area contributed by atoms with Crippen molar-refractivity contribution in [3.05, 3.63) is 29.8 Å². The van der Waals surface area contributed by atoms with Crippen LogP contribution in [0.3, 0.4) is 0 Å². The van der Waals surface area contributed by atoms with Crippen molar-refractivity contribution < 1.29 is 19.0 Å². The summed E-state index contributed by atoms with van der Waals surface area (Å²) >= 11 is 0. The van der Waals surface area contributed by atoms with E-state index in [-0.39, 0.29) is 24.5 Å². The van der Waals surface area contributed by atoms with E-state index < -0.39 is 8.32 Å². The van der Waals surface area contributed by atoms with Crippen molar-refractivity contribution >= 4 is 8.32 Å². The van der Waals surface area contributed by atoms with Gasteiger partial charge >= 0.3 is 0 Å². The van der Waals surface area contributed by atoms with Gasteiger partial charge in [0.2, 0.25) is 0 Å². The monoisotopic (exact) mass is 382 g/mol. The molecule has 150 valence electrons. The zero-order valence-corrected chi connectivity index (χ0v) is 18.5. The Labute approximate surface area is 161 Å². The van der Waals surface area contributed by atoms with Crippen molar-refractivity contribution in [2.45, 2.75) is 65.5 Å². The first kappa shape index (κ1) is 23.2. The molecular weight excluding hydrogens is 344 g/mol. The summed E-state index contributed by atoms with van der Waals surface area (Å²) in [5.41, 5.74) is 1.13. The largest absolute Gasteiger partial charge is 0.497 e. The lowest BCUT2D eigenvalue weighted by Crippen LogP contribution is -2.46. The Morgan fingerprint density at radius 3 is 2.00 bits per heavy atom. The van der Waals surface area contributed by atoms with E-state index in [1.165, 1.54) is 0 Å². The SMILES string of the molecule is CC[Si](CC)(CC)O[C@H]([C@@H](C)CO)[C@@H](C)COCc1ccc(OC)cc1. The maximum Gasteiger partial charge on any atom is 0.192 e. The summed E-state index contributed by atoms with van der Waals surface area (Å²) in [5, 5.41) is 9.70. The van der Waals surface area contributed by atoms with E-state index in [0.717, 1.165) is 29.4 Å². The van der Waals surface area contributed by atoms with Gasteiger partial charge in [-0.15, -0.1) is 0 Å². The summed E-state index contributed by atoms with van der Waals surface area (Å²) in [6.45, 7) is 12.3. The second-order valence-electron chi connectivity index (χ2n) is 7.33. The number of aliphatic hydroxyl groups excluding tert-OH is 1. The van der Waals surface area contributed by atoms with E-state index >= 15 is 0 Å². The molecule has 1 rings (SSSR count). The molecule has 1 aromatic carbocycles. The number of aliphatic hydroxyl groups is 1. The normalized spacial score (nSPS) is 15.5. The molecule has 0 saturated carbocycles. The van der Waals surface area contributed by atoms with Crippen molar-refractivity contribution in [1.82, 2.24) is 0 Å². The van der Waals surface area contributed by atoms with Crippen LogP contribution in [-0.2, 0) is 15.8 Å². The first-order valence-corrected chi connectivity index (χ1v) is 12.5. The minimum atomic E-state index is -1.72. The second-order valence-corrected chi connectivity index (χ2v) is 12.0. The first-order valence-electron chi connectivity index (χ1n) is 9.94. The van der Waals surface area contributed by atoms with Gasteiger partial charge in [-0.25, -0.2) is 0 Å². The lowest BCUT2D eigenvalue weighted by atomic mass is 9.95. The van der Waals surface area contributed by atoms with Gasteiger partial charge in [0.1, 0.15) is 5.75 Å². The average Bonchev–Trinajstić information content (AvgIpc) is 2.69. The fraction of sp³-hybridized carbons (Fsp3) is 0.714. The zero-order valence-electron chi connectivity index (χ0n) is 17.5. The van der Waals surface area contributed by atoms with Crippen LogP contribution in [0.1, 0.15) is 40.2 Å². The third-order valence-electron chi connectivity index (χ3n) is 5.54. The third kappa shape index (κ3) is 6.69. The fourth-order valence-electron chi connectivity index (χ4n) is 3.36. The quantitative estimate of drug-likeness (QED) is 0.495. The predicted octanol–water partition coefficient (Wildman–Crippen LogP) is 4.87. The van der Waals surface area contributed by atoms with Crippen LogP contribution in [0.25, 0.3) is 0 Å². The van der Waals surface area contributed by atoms with E-state index in [1.54, 1.807) is 7.11 Å². The molecule has 0 unspecified atom stereocenters. The van der Waals surface area contributed by atoms with Gasteiger partial charge in [0.05, 0.1) is 26.4 Å². The second kappa shape index (κ2) is 11.8. The Hall–Kier alpha value is -0.883. The lowest BCUT2D eigenvalue weighted by molar-refractivity contribution is -0.00109. The molecule has 1 N–H and O–H groups in total. The Morgan fingerprint density at radius 2 is 1.54 bits per heavy atom. The van der Waals surface area contributed by atoms with E-state index in [2.05, 4.69) is 34.6 Å². The highest BCUT2D eigenvalue weighted by atomic mass is 28.4. The summed E-state index contributed by atoms with van der Waals surface area (Å²) in [6, 6.07) is 11.3. The summed E-state index contributed by atoms with van der Waals surface area (Å²) in [7, 11) is -0.0480. The molecule has 0 spiro atoms. The molecule has 0 aromatic heterocycles. The van der Waals surface area contributed by atoms with Crippen molar-refractivity contribution in [3.63, 3.8) is 0 Å². The van der Waals surface area contributed by atoms with Crippen LogP contribution < -0.4 is 4.74 Å². The topological polar surface area (TPSA) is 47.9 Å². The molecule has 3 atom stereocenters. The standard InChI is InChI=1S/C21H38O4Si/c1-7-26(8-2,9-3)25-21(17(4)14-22)18(5)15-24-16-19-10-12-20(23-6)13-11-19/h10-13,17-18,21-22H,7-9,14-16H2,1-6H3/t17-,18-,21+/m0/s1. The number of rotatable bonds is 13. The molecule has 0 bridgehead atoms. The smallest absolute Gasteiger partial charge is 0.192 e. The van der Waals surface area contributed by atoms with Crippen molar-refractivity contribution in [2.75, 3.05) is 20.3 Å². The molecule has 0 fully saturated rings. The number of hydrogen-bond acceptors (Lipinski definition) is 4. The molecule has 0 heterocycles. The zero-order chi connectivity index (χ0) is 19.6. The highest BCUT2D eigenvalue weighted by molar-refractivity contribution is 6.73. The van der Waals surface area contributed by atoms with Gasteiger partial charge < -0.3 is 19.0 Å². The predicted molar refractivity (Wildman–Crippen MR) is 110 cm³/mol. The lowest BCUT2D eigenvalue weighted by Gasteiger charge is -2.38. The Balaban J connectivity index is 2.65. The van der Waals surface area contributed by atoms with Gasteiger partial charge in [0, 0.05) is 18.4 Å². The molecule has 0 amide bonds. The molecule has 0 aliphatic rings. The van der Waals surface area contributed by atoms with Crippen LogP contribution in [0.5, 0.6) is 5.75 Å². The van der Waals surface area contributed by atoms with Crippen LogP contribution in [-0.4, -0.2) is 39.9 Å². The number of ether oxygens (including phenoxy) is 2. The summed E-state index contributed by atoms with van der Waals surface area (Å²) < 4.78 is 17.9. The van der Waals surface area contributed by atoms with Crippen LogP contribution >= 0.6 is 0 Å². The summed E-state index contributed by atoms with van der Waals surface area (Å²) in [4.78, 5) is 0. The maximum absolute atomic E-state index is 9.70. The fourth-order valence-corrected chi connectivity index (χ4v) is 6.41. The third-order valence-corrected chi connectivity index (χ3v) is 10.2. The minimum absolute atomic E-state index is 0.0439. The highest BCUT2D eigenvalue weighted by Gasteiger charge is 2.36. The van der Waals surface area contributed by atoms with E-state index in [1.807, 2.05) is 24.3 Å². The Kier molecular flexibility index (Phi) is 10.5. The van der Waals surface area contributed by atoms with E-state index in [4.69, 9.17) is 13.9 Å². The van der Waals surface area contributed by atoms with Gasteiger partial charge in [-0.2, -0.15) is 0 Å². The van der Waals surface area contributed by atoms with Gasteiger partial charge in [-0.05, 0) is 35.8 Å². The minimum Gasteiger partial charge on any atom is -0.497 e. The average molecular weight is 383 g/mol. The van der Waals surface area contributed by atoms with E-state index in [9.17, 15) is 5.11 Å². The molecule has 5 heteroatoms. The van der Waals surface area contributed by atoms with Crippen molar-refractivity contribution in [1.29, 1.82) is 0 Å². The first-order chi connectivity index (χ1) is 12.4. The molecule has 26 heavy (non-hydrogen) atoms. The van der Waals surface area contributed by atoms with Gasteiger partial charge in [0.25, 0.3) is 0 Å². The van der Waals surface area contributed by atoms with Gasteiger partial charge in [0.15, 0.2) is 8.32 Å². The maximum atomic E-state index is 9.70. The molecule has 0 aliphatic heterocycles. The number of hydrogen-bond donors (Lipinski definition) is 1.